The van der Waals surface area contributed by atoms with E-state index in [0.717, 1.165) is 4.88 Å². The van der Waals surface area contributed by atoms with E-state index in [1.54, 1.807) is 30.3 Å². The third-order valence-corrected chi connectivity index (χ3v) is 3.69. The van der Waals surface area contributed by atoms with Gasteiger partial charge in [0.05, 0.1) is 11.6 Å². The van der Waals surface area contributed by atoms with E-state index in [4.69, 9.17) is 10.00 Å². The van der Waals surface area contributed by atoms with Gasteiger partial charge in [0, 0.05) is 16.6 Å². The molecule has 1 heterocycles. The smallest absolute Gasteiger partial charge is 0.331 e. The molecule has 1 atom stereocenters. The predicted octanol–water partition coefficient (Wildman–Crippen LogP) is 3.20. The number of benzene rings is 1. The first kappa shape index (κ1) is 16.5. The van der Waals surface area contributed by atoms with Crippen molar-refractivity contribution in [3.63, 3.8) is 0 Å². The van der Waals surface area contributed by atoms with Gasteiger partial charge in [-0.15, -0.1) is 11.3 Å². The summed E-state index contributed by atoms with van der Waals surface area (Å²) in [6.45, 7) is 1.49. The van der Waals surface area contributed by atoms with Gasteiger partial charge in [0.1, 0.15) is 0 Å². The lowest BCUT2D eigenvalue weighted by Crippen LogP contribution is -2.29. The maximum absolute atomic E-state index is 12.0. The molecule has 0 aliphatic rings. The minimum absolute atomic E-state index is 0.436. The highest BCUT2D eigenvalue weighted by molar-refractivity contribution is 7.10. The van der Waals surface area contributed by atoms with Crippen LogP contribution in [0.1, 0.15) is 17.4 Å². The van der Waals surface area contributed by atoms with Crippen LogP contribution in [0.2, 0.25) is 0 Å². The van der Waals surface area contributed by atoms with Crippen LogP contribution in [-0.4, -0.2) is 18.0 Å². The van der Waals surface area contributed by atoms with Crippen LogP contribution in [0.4, 0.5) is 5.69 Å². The molecule has 1 aromatic heterocycles. The Balaban J connectivity index is 1.89. The number of nitriles is 1. The molecule has 2 rings (SSSR count). The summed E-state index contributed by atoms with van der Waals surface area (Å²) in [4.78, 5) is 24.6. The first-order chi connectivity index (χ1) is 11.1. The van der Waals surface area contributed by atoms with Crippen molar-refractivity contribution < 1.29 is 14.3 Å². The monoisotopic (exact) mass is 326 g/mol. The molecule has 0 spiro atoms. The van der Waals surface area contributed by atoms with E-state index in [1.807, 2.05) is 23.6 Å². The quantitative estimate of drug-likeness (QED) is 0.676. The first-order valence-corrected chi connectivity index (χ1v) is 7.69. The van der Waals surface area contributed by atoms with Crippen molar-refractivity contribution >= 4 is 35.0 Å². The van der Waals surface area contributed by atoms with E-state index in [1.165, 1.54) is 24.3 Å². The molecule has 0 fully saturated rings. The van der Waals surface area contributed by atoms with E-state index >= 15 is 0 Å². The Morgan fingerprint density at radius 1 is 1.35 bits per heavy atom. The summed E-state index contributed by atoms with van der Waals surface area (Å²) in [5, 5.41) is 13.3. The number of ether oxygens (including phenoxy) is 1. The summed E-state index contributed by atoms with van der Waals surface area (Å²) in [5.41, 5.74) is 0.914. The maximum atomic E-state index is 12.0. The fraction of sp³-hybridized carbons (Fsp3) is 0.118. The number of hydrogen-bond acceptors (Lipinski definition) is 5. The van der Waals surface area contributed by atoms with Crippen LogP contribution < -0.4 is 5.32 Å². The zero-order valence-electron chi connectivity index (χ0n) is 12.4. The molecule has 0 saturated carbocycles. The summed E-state index contributed by atoms with van der Waals surface area (Å²) < 4.78 is 5.04. The average Bonchev–Trinajstić information content (AvgIpc) is 3.06. The van der Waals surface area contributed by atoms with Crippen molar-refractivity contribution in [2.24, 2.45) is 0 Å². The van der Waals surface area contributed by atoms with Crippen LogP contribution in [0.25, 0.3) is 6.08 Å². The number of nitrogens with zero attached hydrogens (tertiary/aromatic N) is 1. The maximum Gasteiger partial charge on any atom is 0.331 e. The van der Waals surface area contributed by atoms with Crippen molar-refractivity contribution in [2.75, 3.05) is 5.32 Å². The molecule has 0 aliphatic heterocycles. The SMILES string of the molecule is CC(OC(=O)/C=C/c1cccs1)C(=O)Nc1cccc(C#N)c1. The second-order valence-electron chi connectivity index (χ2n) is 4.61. The molecule has 23 heavy (non-hydrogen) atoms. The van der Waals surface area contributed by atoms with Gasteiger partial charge in [-0.3, -0.25) is 4.79 Å². The van der Waals surface area contributed by atoms with Gasteiger partial charge in [0.2, 0.25) is 0 Å². The minimum atomic E-state index is -0.943. The van der Waals surface area contributed by atoms with Gasteiger partial charge in [-0.1, -0.05) is 12.1 Å². The predicted molar refractivity (Wildman–Crippen MR) is 88.7 cm³/mol. The lowest BCUT2D eigenvalue weighted by atomic mass is 10.2. The number of thiophene rings is 1. The molecule has 0 bridgehead atoms. The third-order valence-electron chi connectivity index (χ3n) is 2.85. The van der Waals surface area contributed by atoms with Gasteiger partial charge < -0.3 is 10.1 Å². The van der Waals surface area contributed by atoms with E-state index in [9.17, 15) is 9.59 Å². The average molecular weight is 326 g/mol. The fourth-order valence-electron chi connectivity index (χ4n) is 1.71. The molecule has 6 heteroatoms. The molecule has 1 aromatic carbocycles. The number of carbonyl (C=O) groups excluding carboxylic acids is 2. The van der Waals surface area contributed by atoms with Gasteiger partial charge >= 0.3 is 5.97 Å². The Bertz CT molecular complexity index is 760. The molecular formula is C17H14N2O3S. The van der Waals surface area contributed by atoms with Crippen molar-refractivity contribution in [2.45, 2.75) is 13.0 Å². The Morgan fingerprint density at radius 2 is 2.17 bits per heavy atom. The van der Waals surface area contributed by atoms with Crippen molar-refractivity contribution in [3.05, 3.63) is 58.3 Å². The zero-order chi connectivity index (χ0) is 16.7. The number of nitrogens with one attached hydrogen (secondary N) is 1. The van der Waals surface area contributed by atoms with Crippen LogP contribution >= 0.6 is 11.3 Å². The van der Waals surface area contributed by atoms with Crippen molar-refractivity contribution in [1.82, 2.24) is 0 Å². The third kappa shape index (κ3) is 5.09. The number of esters is 1. The van der Waals surface area contributed by atoms with Crippen LogP contribution in [0, 0.1) is 11.3 Å². The van der Waals surface area contributed by atoms with Gasteiger partial charge in [0.25, 0.3) is 5.91 Å². The highest BCUT2D eigenvalue weighted by atomic mass is 32.1. The Kier molecular flexibility index (Phi) is 5.67. The molecule has 2 aromatic rings. The number of anilines is 1. The van der Waals surface area contributed by atoms with Gasteiger partial charge in [-0.25, -0.2) is 4.79 Å². The van der Waals surface area contributed by atoms with E-state index in [0.29, 0.717) is 11.3 Å². The second-order valence-corrected chi connectivity index (χ2v) is 5.59. The largest absolute Gasteiger partial charge is 0.449 e. The van der Waals surface area contributed by atoms with Crippen LogP contribution in [0.5, 0.6) is 0 Å². The van der Waals surface area contributed by atoms with Gasteiger partial charge in [0.15, 0.2) is 6.10 Å². The summed E-state index contributed by atoms with van der Waals surface area (Å²) in [7, 11) is 0. The number of carbonyl (C=O) groups is 2. The second kappa shape index (κ2) is 7.92. The number of amides is 1. The van der Waals surface area contributed by atoms with Crippen LogP contribution in [0.15, 0.2) is 47.9 Å². The molecule has 1 N–H and O–H groups in total. The number of hydrogen-bond donors (Lipinski definition) is 1. The number of rotatable bonds is 5. The molecule has 0 aliphatic carbocycles. The highest BCUT2D eigenvalue weighted by Crippen LogP contribution is 2.12. The normalized spacial score (nSPS) is 11.7. The summed E-state index contributed by atoms with van der Waals surface area (Å²) in [6.07, 6.45) is 1.97. The van der Waals surface area contributed by atoms with Crippen molar-refractivity contribution in [3.8, 4) is 6.07 Å². The van der Waals surface area contributed by atoms with E-state index < -0.39 is 18.0 Å². The topological polar surface area (TPSA) is 79.2 Å². The Morgan fingerprint density at radius 3 is 2.87 bits per heavy atom. The Hall–Kier alpha value is -2.91. The lowest BCUT2D eigenvalue weighted by Gasteiger charge is -2.12. The van der Waals surface area contributed by atoms with Crippen molar-refractivity contribution in [1.29, 1.82) is 5.26 Å². The lowest BCUT2D eigenvalue weighted by molar-refractivity contribution is -0.148. The fourth-order valence-corrected chi connectivity index (χ4v) is 2.33. The minimum Gasteiger partial charge on any atom is -0.449 e. The van der Waals surface area contributed by atoms with Gasteiger partial charge in [-0.05, 0) is 42.6 Å². The first-order valence-electron chi connectivity index (χ1n) is 6.81. The Labute approximate surface area is 137 Å². The summed E-state index contributed by atoms with van der Waals surface area (Å²) >= 11 is 1.50. The molecule has 1 amide bonds. The molecule has 0 saturated heterocycles. The molecule has 0 radical (unpaired) electrons. The molecule has 5 nitrogen and oxygen atoms in total. The van der Waals surface area contributed by atoms with Gasteiger partial charge in [-0.2, -0.15) is 5.26 Å². The summed E-state index contributed by atoms with van der Waals surface area (Å²) in [6, 6.07) is 12.2. The molecule has 1 unspecified atom stereocenters. The molecular weight excluding hydrogens is 312 g/mol. The molecule has 116 valence electrons. The standard InChI is InChI=1S/C17H14N2O3S/c1-12(22-16(20)8-7-15-6-3-9-23-15)17(21)19-14-5-2-4-13(10-14)11-18/h2-10,12H,1H3,(H,19,21)/b8-7+. The zero-order valence-corrected chi connectivity index (χ0v) is 13.2. The highest BCUT2D eigenvalue weighted by Gasteiger charge is 2.16. The van der Waals surface area contributed by atoms with E-state index in [-0.39, 0.29) is 0 Å². The van der Waals surface area contributed by atoms with Crippen LogP contribution in [0.3, 0.4) is 0 Å². The summed E-state index contributed by atoms with van der Waals surface area (Å²) in [5.74, 6) is -1.05. The van der Waals surface area contributed by atoms with E-state index in [2.05, 4.69) is 5.32 Å². The van der Waals surface area contributed by atoms with Crippen LogP contribution in [-0.2, 0) is 14.3 Å².